The second kappa shape index (κ2) is 6.58. The quantitative estimate of drug-likeness (QED) is 0.885. The van der Waals surface area contributed by atoms with Crippen molar-refractivity contribution in [1.82, 2.24) is 10.3 Å². The lowest BCUT2D eigenvalue weighted by Crippen LogP contribution is -2.12. The van der Waals surface area contributed by atoms with Gasteiger partial charge in [-0.05, 0) is 24.2 Å². The molecule has 2 aromatic rings. The SMILES string of the molecule is CCNCc1cc(F)c(OCc2cscn2)c(F)c1. The first-order chi connectivity index (χ1) is 9.20. The highest BCUT2D eigenvalue weighted by molar-refractivity contribution is 7.07. The van der Waals surface area contributed by atoms with Crippen molar-refractivity contribution in [2.45, 2.75) is 20.1 Å². The Morgan fingerprint density at radius 1 is 1.32 bits per heavy atom. The summed E-state index contributed by atoms with van der Waals surface area (Å²) in [5.41, 5.74) is 2.85. The number of hydrogen-bond acceptors (Lipinski definition) is 4. The lowest BCUT2D eigenvalue weighted by atomic mass is 10.2. The third-order valence-electron chi connectivity index (χ3n) is 2.49. The van der Waals surface area contributed by atoms with Crippen molar-refractivity contribution in [3.63, 3.8) is 0 Å². The minimum absolute atomic E-state index is 0.0594. The minimum Gasteiger partial charge on any atom is -0.481 e. The van der Waals surface area contributed by atoms with Crippen LogP contribution in [0.4, 0.5) is 8.78 Å². The molecule has 3 nitrogen and oxygen atoms in total. The average Bonchev–Trinajstić information content (AvgIpc) is 2.88. The fourth-order valence-corrected chi connectivity index (χ4v) is 2.12. The fourth-order valence-electron chi connectivity index (χ4n) is 1.58. The molecule has 0 bridgehead atoms. The summed E-state index contributed by atoms with van der Waals surface area (Å²) in [4.78, 5) is 3.99. The number of ether oxygens (including phenoxy) is 1. The molecule has 2 rings (SSSR count). The summed E-state index contributed by atoms with van der Waals surface area (Å²) >= 11 is 1.41. The molecular weight excluding hydrogens is 270 g/mol. The van der Waals surface area contributed by atoms with E-state index in [2.05, 4.69) is 10.3 Å². The fraction of sp³-hybridized carbons (Fsp3) is 0.308. The van der Waals surface area contributed by atoms with Crippen molar-refractivity contribution >= 4 is 11.3 Å². The first kappa shape index (κ1) is 13.9. The Hall–Kier alpha value is -1.53. The Morgan fingerprint density at radius 2 is 2.05 bits per heavy atom. The van der Waals surface area contributed by atoms with Crippen molar-refractivity contribution in [2.75, 3.05) is 6.54 Å². The smallest absolute Gasteiger partial charge is 0.191 e. The Bertz CT molecular complexity index is 508. The predicted octanol–water partition coefficient (Wildman–Crippen LogP) is 3.11. The maximum Gasteiger partial charge on any atom is 0.191 e. The van der Waals surface area contributed by atoms with Crippen molar-refractivity contribution < 1.29 is 13.5 Å². The minimum atomic E-state index is -0.692. The van der Waals surface area contributed by atoms with Gasteiger partial charge in [-0.2, -0.15) is 0 Å². The van der Waals surface area contributed by atoms with Crippen molar-refractivity contribution in [3.05, 3.63) is 45.9 Å². The van der Waals surface area contributed by atoms with Gasteiger partial charge in [-0.15, -0.1) is 11.3 Å². The second-order valence-corrected chi connectivity index (χ2v) is 4.66. The molecule has 19 heavy (non-hydrogen) atoms. The molecule has 1 heterocycles. The van der Waals surface area contributed by atoms with E-state index < -0.39 is 11.6 Å². The number of hydrogen-bond donors (Lipinski definition) is 1. The summed E-state index contributed by atoms with van der Waals surface area (Å²) < 4.78 is 32.7. The maximum absolute atomic E-state index is 13.8. The van der Waals surface area contributed by atoms with Crippen LogP contribution in [-0.4, -0.2) is 11.5 Å². The summed E-state index contributed by atoms with van der Waals surface area (Å²) in [6.45, 7) is 3.16. The van der Waals surface area contributed by atoms with Gasteiger partial charge in [0.05, 0.1) is 11.2 Å². The van der Waals surface area contributed by atoms with Gasteiger partial charge in [0, 0.05) is 11.9 Å². The molecule has 0 aliphatic rings. The van der Waals surface area contributed by atoms with Gasteiger partial charge in [-0.25, -0.2) is 13.8 Å². The zero-order valence-corrected chi connectivity index (χ0v) is 11.3. The molecule has 0 aliphatic carbocycles. The number of aromatic nitrogens is 1. The van der Waals surface area contributed by atoms with Crippen LogP contribution in [0.2, 0.25) is 0 Å². The zero-order valence-electron chi connectivity index (χ0n) is 10.5. The normalized spacial score (nSPS) is 10.7. The molecule has 1 aromatic heterocycles. The first-order valence-electron chi connectivity index (χ1n) is 5.89. The van der Waals surface area contributed by atoms with Gasteiger partial charge in [0.15, 0.2) is 17.4 Å². The Morgan fingerprint density at radius 3 is 2.63 bits per heavy atom. The largest absolute Gasteiger partial charge is 0.481 e. The molecule has 0 aliphatic heterocycles. The van der Waals surface area contributed by atoms with Gasteiger partial charge < -0.3 is 10.1 Å². The average molecular weight is 284 g/mol. The van der Waals surface area contributed by atoms with Gasteiger partial charge in [0.2, 0.25) is 0 Å². The molecular formula is C13H14F2N2OS. The molecule has 1 aromatic carbocycles. The van der Waals surface area contributed by atoms with Gasteiger partial charge >= 0.3 is 0 Å². The van der Waals surface area contributed by atoms with Crippen LogP contribution in [0.1, 0.15) is 18.2 Å². The predicted molar refractivity (Wildman–Crippen MR) is 70.2 cm³/mol. The van der Waals surface area contributed by atoms with E-state index in [1.165, 1.54) is 23.5 Å². The van der Waals surface area contributed by atoms with Crippen molar-refractivity contribution in [1.29, 1.82) is 0 Å². The second-order valence-electron chi connectivity index (χ2n) is 3.94. The van der Waals surface area contributed by atoms with Gasteiger partial charge in [0.1, 0.15) is 6.61 Å². The van der Waals surface area contributed by atoms with Gasteiger partial charge in [0.25, 0.3) is 0 Å². The molecule has 0 unspecified atom stereocenters. The highest BCUT2D eigenvalue weighted by Gasteiger charge is 2.13. The number of thiazole rings is 1. The van der Waals surface area contributed by atoms with E-state index in [0.29, 0.717) is 17.8 Å². The highest BCUT2D eigenvalue weighted by Crippen LogP contribution is 2.24. The van der Waals surface area contributed by atoms with E-state index >= 15 is 0 Å². The van der Waals surface area contributed by atoms with E-state index in [-0.39, 0.29) is 12.4 Å². The molecule has 0 radical (unpaired) electrons. The van der Waals surface area contributed by atoms with Crippen molar-refractivity contribution in [2.24, 2.45) is 0 Å². The van der Waals surface area contributed by atoms with Crippen LogP contribution in [0.15, 0.2) is 23.0 Å². The van der Waals surface area contributed by atoms with E-state index in [9.17, 15) is 8.78 Å². The summed E-state index contributed by atoms with van der Waals surface area (Å²) in [6, 6.07) is 2.56. The molecule has 0 saturated carbocycles. The van der Waals surface area contributed by atoms with Crippen molar-refractivity contribution in [3.8, 4) is 5.75 Å². The lowest BCUT2D eigenvalue weighted by Gasteiger charge is -2.09. The molecule has 0 atom stereocenters. The van der Waals surface area contributed by atoms with Crippen LogP contribution in [-0.2, 0) is 13.2 Å². The van der Waals surface area contributed by atoms with Crippen LogP contribution >= 0.6 is 11.3 Å². The maximum atomic E-state index is 13.8. The topological polar surface area (TPSA) is 34.1 Å². The summed E-state index contributed by atoms with van der Waals surface area (Å²) in [5.74, 6) is -1.74. The van der Waals surface area contributed by atoms with Gasteiger partial charge in [-0.1, -0.05) is 6.92 Å². The number of nitrogens with one attached hydrogen (secondary N) is 1. The molecule has 0 saturated heterocycles. The lowest BCUT2D eigenvalue weighted by molar-refractivity contribution is 0.270. The molecule has 102 valence electrons. The number of nitrogens with zero attached hydrogens (tertiary/aromatic N) is 1. The Balaban J connectivity index is 2.08. The molecule has 0 fully saturated rings. The van der Waals surface area contributed by atoms with Crippen LogP contribution in [0, 0.1) is 11.6 Å². The van der Waals surface area contributed by atoms with Crippen LogP contribution in [0.5, 0.6) is 5.75 Å². The molecule has 1 N–H and O–H groups in total. The molecule has 6 heteroatoms. The van der Waals surface area contributed by atoms with Crippen LogP contribution < -0.4 is 10.1 Å². The van der Waals surface area contributed by atoms with E-state index in [0.717, 1.165) is 6.54 Å². The number of benzene rings is 1. The van der Waals surface area contributed by atoms with Crippen LogP contribution in [0.25, 0.3) is 0 Å². The third kappa shape index (κ3) is 3.71. The highest BCUT2D eigenvalue weighted by atomic mass is 32.1. The van der Waals surface area contributed by atoms with E-state index in [1.54, 1.807) is 10.9 Å². The summed E-state index contributed by atoms with van der Waals surface area (Å²) in [6.07, 6.45) is 0. The monoisotopic (exact) mass is 284 g/mol. The van der Waals surface area contributed by atoms with Crippen LogP contribution in [0.3, 0.4) is 0 Å². The number of halogens is 2. The summed E-state index contributed by atoms with van der Waals surface area (Å²) in [7, 11) is 0. The standard InChI is InChI=1S/C13H14F2N2OS/c1-2-16-5-9-3-11(14)13(12(15)4-9)18-6-10-7-19-8-17-10/h3-4,7-8,16H,2,5-6H2,1H3. The van der Waals surface area contributed by atoms with E-state index in [1.807, 2.05) is 6.92 Å². The van der Waals surface area contributed by atoms with Gasteiger partial charge in [-0.3, -0.25) is 0 Å². The van der Waals surface area contributed by atoms with E-state index in [4.69, 9.17) is 4.74 Å². The Labute approximate surface area is 114 Å². The number of rotatable bonds is 6. The summed E-state index contributed by atoms with van der Waals surface area (Å²) in [5, 5.41) is 4.78. The molecule has 0 spiro atoms. The first-order valence-corrected chi connectivity index (χ1v) is 6.83. The molecule has 0 amide bonds. The Kier molecular flexibility index (Phi) is 4.81. The third-order valence-corrected chi connectivity index (χ3v) is 3.12. The zero-order chi connectivity index (χ0) is 13.7.